The van der Waals surface area contributed by atoms with Crippen LogP contribution in [0.2, 0.25) is 0 Å². The van der Waals surface area contributed by atoms with Crippen LogP contribution >= 0.6 is 0 Å². The monoisotopic (exact) mass is 262 g/mol. The van der Waals surface area contributed by atoms with E-state index in [-0.39, 0.29) is 16.7 Å². The number of piperidine rings is 1. The summed E-state index contributed by atoms with van der Waals surface area (Å²) in [5.74, 6) is 0.222. The lowest BCUT2D eigenvalue weighted by atomic mass is 9.92. The van der Waals surface area contributed by atoms with Crippen molar-refractivity contribution >= 4 is 10.0 Å². The first-order valence-electron chi connectivity index (χ1n) is 6.34. The Labute approximate surface area is 106 Å². The highest BCUT2D eigenvalue weighted by molar-refractivity contribution is 7.89. The summed E-state index contributed by atoms with van der Waals surface area (Å²) in [6.45, 7) is 9.97. The van der Waals surface area contributed by atoms with Crippen molar-refractivity contribution in [2.75, 3.05) is 18.8 Å². The molecule has 0 aromatic rings. The average molecular weight is 262 g/mol. The van der Waals surface area contributed by atoms with Crippen molar-refractivity contribution in [2.24, 2.45) is 5.41 Å². The Hall–Kier alpha value is -0.130. The van der Waals surface area contributed by atoms with Crippen LogP contribution in [-0.2, 0) is 10.0 Å². The van der Waals surface area contributed by atoms with Gasteiger partial charge >= 0.3 is 0 Å². The maximum absolute atomic E-state index is 12.0. The molecule has 1 rings (SSSR count). The molecule has 0 spiro atoms. The second kappa shape index (κ2) is 5.24. The van der Waals surface area contributed by atoms with Crippen LogP contribution in [0.5, 0.6) is 0 Å². The molecular weight excluding hydrogens is 236 g/mol. The largest absolute Gasteiger partial charge is 0.317 e. The van der Waals surface area contributed by atoms with E-state index in [1.807, 2.05) is 6.92 Å². The predicted molar refractivity (Wildman–Crippen MR) is 71.5 cm³/mol. The standard InChI is InChI=1S/C12H26N2O2S/c1-11(2,3)7-10-17(15,16)14-12(4)5-8-13-9-6-12/h13-14H,5-10H2,1-4H3. The fraction of sp³-hybridized carbons (Fsp3) is 1.00. The number of rotatable bonds is 4. The van der Waals surface area contributed by atoms with Gasteiger partial charge in [0.25, 0.3) is 0 Å². The zero-order chi connectivity index (χ0) is 13.2. The van der Waals surface area contributed by atoms with Gasteiger partial charge in [0.1, 0.15) is 0 Å². The number of hydrogen-bond donors (Lipinski definition) is 2. The van der Waals surface area contributed by atoms with Gasteiger partial charge in [0.2, 0.25) is 10.0 Å². The fourth-order valence-corrected chi connectivity index (χ4v) is 3.89. The van der Waals surface area contributed by atoms with Crippen molar-refractivity contribution in [1.29, 1.82) is 0 Å². The molecule has 1 saturated heterocycles. The van der Waals surface area contributed by atoms with Crippen molar-refractivity contribution in [1.82, 2.24) is 10.0 Å². The van der Waals surface area contributed by atoms with Gasteiger partial charge in [-0.3, -0.25) is 0 Å². The quantitative estimate of drug-likeness (QED) is 0.807. The third kappa shape index (κ3) is 5.84. The first kappa shape index (κ1) is 14.9. The van der Waals surface area contributed by atoms with E-state index in [0.29, 0.717) is 6.42 Å². The van der Waals surface area contributed by atoms with Crippen molar-refractivity contribution in [3.63, 3.8) is 0 Å². The van der Waals surface area contributed by atoms with Gasteiger partial charge in [-0.25, -0.2) is 13.1 Å². The second-order valence-corrected chi connectivity index (χ2v) is 8.38. The molecule has 0 amide bonds. The lowest BCUT2D eigenvalue weighted by Crippen LogP contribution is -2.52. The predicted octanol–water partition coefficient (Wildman–Crippen LogP) is 1.48. The molecule has 1 heterocycles. The third-order valence-corrected chi connectivity index (χ3v) is 4.78. The van der Waals surface area contributed by atoms with Gasteiger partial charge in [-0.05, 0) is 44.7 Å². The minimum atomic E-state index is -3.15. The van der Waals surface area contributed by atoms with E-state index >= 15 is 0 Å². The Bertz CT molecular complexity index is 338. The second-order valence-electron chi connectivity index (χ2n) is 6.54. The number of hydrogen-bond acceptors (Lipinski definition) is 3. The van der Waals surface area contributed by atoms with Crippen LogP contribution in [0.4, 0.5) is 0 Å². The minimum Gasteiger partial charge on any atom is -0.317 e. The molecule has 17 heavy (non-hydrogen) atoms. The first-order valence-corrected chi connectivity index (χ1v) is 8.00. The zero-order valence-corrected chi connectivity index (χ0v) is 12.3. The van der Waals surface area contributed by atoms with E-state index in [0.717, 1.165) is 25.9 Å². The topological polar surface area (TPSA) is 58.2 Å². The van der Waals surface area contributed by atoms with E-state index in [4.69, 9.17) is 0 Å². The summed E-state index contributed by atoms with van der Waals surface area (Å²) in [4.78, 5) is 0. The average Bonchev–Trinajstić information content (AvgIpc) is 2.13. The van der Waals surface area contributed by atoms with Crippen molar-refractivity contribution in [3.05, 3.63) is 0 Å². The highest BCUT2D eigenvalue weighted by atomic mass is 32.2. The lowest BCUT2D eigenvalue weighted by Gasteiger charge is -2.34. The third-order valence-electron chi connectivity index (χ3n) is 3.23. The van der Waals surface area contributed by atoms with E-state index < -0.39 is 10.0 Å². The Kier molecular flexibility index (Phi) is 4.60. The van der Waals surface area contributed by atoms with Crippen molar-refractivity contribution < 1.29 is 8.42 Å². The molecule has 4 nitrogen and oxygen atoms in total. The highest BCUT2D eigenvalue weighted by Gasteiger charge is 2.31. The molecule has 5 heteroatoms. The highest BCUT2D eigenvalue weighted by Crippen LogP contribution is 2.22. The molecule has 0 aromatic carbocycles. The molecule has 102 valence electrons. The maximum Gasteiger partial charge on any atom is 0.212 e. The maximum atomic E-state index is 12.0. The zero-order valence-electron chi connectivity index (χ0n) is 11.5. The molecule has 1 aliphatic rings. The summed E-state index contributed by atoms with van der Waals surface area (Å²) in [7, 11) is -3.15. The molecule has 0 saturated carbocycles. The van der Waals surface area contributed by atoms with Crippen molar-refractivity contribution in [2.45, 2.75) is 52.5 Å². The Morgan fingerprint density at radius 1 is 1.24 bits per heavy atom. The SMILES string of the molecule is CC(C)(C)CCS(=O)(=O)NC1(C)CCNCC1. The number of nitrogens with one attached hydrogen (secondary N) is 2. The van der Waals surface area contributed by atoms with Gasteiger partial charge in [0, 0.05) is 5.54 Å². The van der Waals surface area contributed by atoms with Gasteiger partial charge in [-0.1, -0.05) is 20.8 Å². The molecular formula is C12H26N2O2S. The Balaban J connectivity index is 2.54. The summed E-state index contributed by atoms with van der Waals surface area (Å²) in [6.07, 6.45) is 2.42. The van der Waals surface area contributed by atoms with Crippen LogP contribution in [0.15, 0.2) is 0 Å². The van der Waals surface area contributed by atoms with Crippen LogP contribution in [0, 0.1) is 5.41 Å². The fourth-order valence-electron chi connectivity index (χ4n) is 1.95. The lowest BCUT2D eigenvalue weighted by molar-refractivity contribution is 0.306. The van der Waals surface area contributed by atoms with Gasteiger partial charge in [-0.15, -0.1) is 0 Å². The van der Waals surface area contributed by atoms with Gasteiger partial charge in [-0.2, -0.15) is 0 Å². The van der Waals surface area contributed by atoms with Crippen LogP contribution in [0.25, 0.3) is 0 Å². The first-order chi connectivity index (χ1) is 7.62. The van der Waals surface area contributed by atoms with Crippen LogP contribution in [0.1, 0.15) is 47.0 Å². The molecule has 0 bridgehead atoms. The summed E-state index contributed by atoms with van der Waals surface area (Å²) >= 11 is 0. The Morgan fingerprint density at radius 3 is 2.24 bits per heavy atom. The number of sulfonamides is 1. The summed E-state index contributed by atoms with van der Waals surface area (Å²) in [5, 5.41) is 3.25. The van der Waals surface area contributed by atoms with Gasteiger partial charge in [0.05, 0.1) is 5.75 Å². The molecule has 0 radical (unpaired) electrons. The van der Waals surface area contributed by atoms with Gasteiger partial charge < -0.3 is 5.32 Å². The van der Waals surface area contributed by atoms with Crippen molar-refractivity contribution in [3.8, 4) is 0 Å². The molecule has 0 atom stereocenters. The molecule has 1 fully saturated rings. The molecule has 0 aliphatic carbocycles. The van der Waals surface area contributed by atoms with E-state index in [1.54, 1.807) is 0 Å². The summed E-state index contributed by atoms with van der Waals surface area (Å²) in [6, 6.07) is 0. The van der Waals surface area contributed by atoms with Gasteiger partial charge in [0.15, 0.2) is 0 Å². The molecule has 2 N–H and O–H groups in total. The Morgan fingerprint density at radius 2 is 1.76 bits per heavy atom. The van der Waals surface area contributed by atoms with Crippen LogP contribution in [0.3, 0.4) is 0 Å². The molecule has 0 unspecified atom stereocenters. The van der Waals surface area contributed by atoms with E-state index in [2.05, 4.69) is 30.8 Å². The van der Waals surface area contributed by atoms with Crippen LogP contribution < -0.4 is 10.0 Å². The molecule has 1 aliphatic heterocycles. The minimum absolute atomic E-state index is 0.0593. The van der Waals surface area contributed by atoms with E-state index in [1.165, 1.54) is 0 Å². The van der Waals surface area contributed by atoms with Crippen LogP contribution in [-0.4, -0.2) is 32.8 Å². The van der Waals surface area contributed by atoms with E-state index in [9.17, 15) is 8.42 Å². The summed E-state index contributed by atoms with van der Waals surface area (Å²) < 4.78 is 26.9. The smallest absolute Gasteiger partial charge is 0.212 e. The normalized spacial score (nSPS) is 21.4. The summed E-state index contributed by atoms with van der Waals surface area (Å²) in [5.41, 5.74) is -0.203. The molecule has 0 aromatic heterocycles.